The van der Waals surface area contributed by atoms with Gasteiger partial charge in [0, 0.05) is 12.1 Å². The highest BCUT2D eigenvalue weighted by Crippen LogP contribution is 2.09. The molecule has 0 bridgehead atoms. The van der Waals surface area contributed by atoms with E-state index in [0.29, 0.717) is 0 Å². The van der Waals surface area contributed by atoms with Crippen molar-refractivity contribution in [3.8, 4) is 0 Å². The highest BCUT2D eigenvalue weighted by molar-refractivity contribution is 7.80. The van der Waals surface area contributed by atoms with E-state index in [0.717, 1.165) is 18.1 Å². The molecule has 0 saturated carbocycles. The van der Waals surface area contributed by atoms with Crippen LogP contribution in [-0.2, 0) is 0 Å². The Morgan fingerprint density at radius 2 is 1.86 bits per heavy atom. The van der Waals surface area contributed by atoms with Gasteiger partial charge in [0.15, 0.2) is 5.11 Å². The van der Waals surface area contributed by atoms with Crippen LogP contribution in [-0.4, -0.2) is 17.2 Å². The number of hydrogen-bond donors (Lipinski definition) is 2. The average Bonchev–Trinajstić information content (AvgIpc) is 2.03. The van der Waals surface area contributed by atoms with E-state index in [-0.39, 0.29) is 5.54 Å². The van der Waals surface area contributed by atoms with Crippen LogP contribution in [0.25, 0.3) is 0 Å². The maximum Gasteiger partial charge on any atom is 0.166 e. The van der Waals surface area contributed by atoms with Gasteiger partial charge in [0.25, 0.3) is 0 Å². The molecule has 0 aromatic carbocycles. The highest BCUT2D eigenvalue weighted by atomic mass is 32.1. The van der Waals surface area contributed by atoms with E-state index in [4.69, 9.17) is 12.2 Å². The lowest BCUT2D eigenvalue weighted by atomic mass is 9.99. The molecule has 2 nitrogen and oxygen atoms in total. The SMILES string of the molecule is CCCCNC(=S)NC(C)(C)CCC. The van der Waals surface area contributed by atoms with Crippen LogP contribution >= 0.6 is 12.2 Å². The first-order valence-electron chi connectivity index (χ1n) is 5.58. The second-order valence-electron chi connectivity index (χ2n) is 4.37. The standard InChI is InChI=1S/C11H24N2S/c1-5-7-9-12-10(14)13-11(3,4)8-6-2/h5-9H2,1-4H3,(H2,12,13,14). The fourth-order valence-electron chi connectivity index (χ4n) is 1.42. The zero-order chi connectivity index (χ0) is 11.0. The van der Waals surface area contributed by atoms with Crippen LogP contribution in [0.2, 0.25) is 0 Å². The second-order valence-corrected chi connectivity index (χ2v) is 4.78. The summed E-state index contributed by atoms with van der Waals surface area (Å²) >= 11 is 5.21. The maximum atomic E-state index is 5.21. The van der Waals surface area contributed by atoms with Gasteiger partial charge in [0.1, 0.15) is 0 Å². The monoisotopic (exact) mass is 216 g/mol. The summed E-state index contributed by atoms with van der Waals surface area (Å²) in [7, 11) is 0. The van der Waals surface area contributed by atoms with Crippen LogP contribution in [0, 0.1) is 0 Å². The smallest absolute Gasteiger partial charge is 0.166 e. The number of rotatable bonds is 6. The molecule has 0 rings (SSSR count). The lowest BCUT2D eigenvalue weighted by molar-refractivity contribution is 0.418. The van der Waals surface area contributed by atoms with Gasteiger partial charge in [-0.05, 0) is 38.9 Å². The minimum absolute atomic E-state index is 0.116. The predicted octanol–water partition coefficient (Wildman–Crippen LogP) is 2.83. The molecule has 0 spiro atoms. The molecule has 0 aliphatic carbocycles. The summed E-state index contributed by atoms with van der Waals surface area (Å²) in [5.41, 5.74) is 0.116. The lowest BCUT2D eigenvalue weighted by Crippen LogP contribution is -2.48. The first-order valence-corrected chi connectivity index (χ1v) is 5.98. The van der Waals surface area contributed by atoms with E-state index >= 15 is 0 Å². The fourth-order valence-corrected chi connectivity index (χ4v) is 1.80. The Hall–Kier alpha value is -0.310. The second kappa shape index (κ2) is 7.04. The zero-order valence-corrected chi connectivity index (χ0v) is 10.8. The maximum absolute atomic E-state index is 5.21. The quantitative estimate of drug-likeness (QED) is 0.527. The molecule has 0 aliphatic rings. The minimum atomic E-state index is 0.116. The summed E-state index contributed by atoms with van der Waals surface area (Å²) in [6.07, 6.45) is 4.70. The van der Waals surface area contributed by atoms with Crippen molar-refractivity contribution in [3.63, 3.8) is 0 Å². The Morgan fingerprint density at radius 1 is 1.21 bits per heavy atom. The Balaban J connectivity index is 3.69. The zero-order valence-electron chi connectivity index (χ0n) is 9.94. The summed E-state index contributed by atoms with van der Waals surface area (Å²) in [6.45, 7) is 9.72. The van der Waals surface area contributed by atoms with Crippen LogP contribution < -0.4 is 10.6 Å². The molecular weight excluding hydrogens is 192 g/mol. The largest absolute Gasteiger partial charge is 0.363 e. The number of unbranched alkanes of at least 4 members (excludes halogenated alkanes) is 1. The molecule has 0 atom stereocenters. The number of nitrogens with one attached hydrogen (secondary N) is 2. The van der Waals surface area contributed by atoms with Crippen molar-refractivity contribution in [2.75, 3.05) is 6.54 Å². The molecule has 84 valence electrons. The molecule has 3 heteroatoms. The molecule has 0 heterocycles. The van der Waals surface area contributed by atoms with Gasteiger partial charge in [0.05, 0.1) is 0 Å². The van der Waals surface area contributed by atoms with Crippen LogP contribution in [0.1, 0.15) is 53.4 Å². The van der Waals surface area contributed by atoms with Gasteiger partial charge in [-0.25, -0.2) is 0 Å². The van der Waals surface area contributed by atoms with Gasteiger partial charge < -0.3 is 10.6 Å². The molecule has 0 aromatic rings. The van der Waals surface area contributed by atoms with Gasteiger partial charge in [0.2, 0.25) is 0 Å². The van der Waals surface area contributed by atoms with E-state index in [1.807, 2.05) is 0 Å². The Bertz CT molecular complexity index is 167. The third-order valence-electron chi connectivity index (χ3n) is 2.14. The molecule has 0 unspecified atom stereocenters. The Labute approximate surface area is 93.8 Å². The van der Waals surface area contributed by atoms with Gasteiger partial charge in [-0.2, -0.15) is 0 Å². The van der Waals surface area contributed by atoms with Crippen molar-refractivity contribution in [1.82, 2.24) is 10.6 Å². The molecule has 0 amide bonds. The first kappa shape index (κ1) is 13.7. The third kappa shape index (κ3) is 7.13. The summed E-state index contributed by atoms with van der Waals surface area (Å²) < 4.78 is 0. The van der Waals surface area contributed by atoms with Crippen LogP contribution in [0.5, 0.6) is 0 Å². The van der Waals surface area contributed by atoms with Gasteiger partial charge in [-0.3, -0.25) is 0 Å². The van der Waals surface area contributed by atoms with E-state index in [1.54, 1.807) is 0 Å². The molecule has 2 N–H and O–H groups in total. The number of thiocarbonyl (C=S) groups is 1. The molecule has 0 radical (unpaired) electrons. The molecule has 0 aliphatic heterocycles. The first-order chi connectivity index (χ1) is 6.52. The summed E-state index contributed by atoms with van der Waals surface area (Å²) in [4.78, 5) is 0. The van der Waals surface area contributed by atoms with Gasteiger partial charge >= 0.3 is 0 Å². The highest BCUT2D eigenvalue weighted by Gasteiger charge is 2.16. The molecule has 0 fully saturated rings. The van der Waals surface area contributed by atoms with Crippen LogP contribution in [0.4, 0.5) is 0 Å². The Morgan fingerprint density at radius 3 is 2.36 bits per heavy atom. The van der Waals surface area contributed by atoms with Crippen molar-refractivity contribution in [2.24, 2.45) is 0 Å². The van der Waals surface area contributed by atoms with Crippen molar-refractivity contribution in [3.05, 3.63) is 0 Å². The third-order valence-corrected chi connectivity index (χ3v) is 2.39. The molecule has 0 aromatic heterocycles. The molecular formula is C11H24N2S. The Kier molecular flexibility index (Phi) is 6.89. The number of hydrogen-bond acceptors (Lipinski definition) is 1. The van der Waals surface area contributed by atoms with E-state index in [1.165, 1.54) is 19.3 Å². The summed E-state index contributed by atoms with van der Waals surface area (Å²) in [5.74, 6) is 0. The van der Waals surface area contributed by atoms with Crippen LogP contribution in [0.3, 0.4) is 0 Å². The van der Waals surface area contributed by atoms with Crippen molar-refractivity contribution in [2.45, 2.75) is 58.9 Å². The van der Waals surface area contributed by atoms with Gasteiger partial charge in [-0.1, -0.05) is 26.7 Å². The van der Waals surface area contributed by atoms with E-state index in [2.05, 4.69) is 38.3 Å². The van der Waals surface area contributed by atoms with Crippen molar-refractivity contribution >= 4 is 17.3 Å². The van der Waals surface area contributed by atoms with Crippen molar-refractivity contribution in [1.29, 1.82) is 0 Å². The van der Waals surface area contributed by atoms with Crippen molar-refractivity contribution < 1.29 is 0 Å². The topological polar surface area (TPSA) is 24.1 Å². The molecule has 14 heavy (non-hydrogen) atoms. The summed E-state index contributed by atoms with van der Waals surface area (Å²) in [5, 5.41) is 7.34. The fraction of sp³-hybridized carbons (Fsp3) is 0.909. The summed E-state index contributed by atoms with van der Waals surface area (Å²) in [6, 6.07) is 0. The minimum Gasteiger partial charge on any atom is -0.363 e. The normalized spacial score (nSPS) is 11.1. The van der Waals surface area contributed by atoms with E-state index in [9.17, 15) is 0 Å². The van der Waals surface area contributed by atoms with Gasteiger partial charge in [-0.15, -0.1) is 0 Å². The van der Waals surface area contributed by atoms with E-state index < -0.39 is 0 Å². The average molecular weight is 216 g/mol. The lowest BCUT2D eigenvalue weighted by Gasteiger charge is -2.27. The predicted molar refractivity (Wildman–Crippen MR) is 67.6 cm³/mol. The van der Waals surface area contributed by atoms with Crippen LogP contribution in [0.15, 0.2) is 0 Å². The molecule has 0 saturated heterocycles.